The van der Waals surface area contributed by atoms with Crippen LogP contribution in [0, 0.1) is 15.5 Å². The Morgan fingerprint density at radius 3 is 2.67 bits per heavy atom. The number of hydrogen-bond donors (Lipinski definition) is 2. The van der Waals surface area contributed by atoms with Gasteiger partial charge in [0, 0.05) is 18.7 Å². The SMILES string of the molecule is COc1ccc([N+](=O)[O-])cc1NC(=O)C1(CN)CCCC1. The van der Waals surface area contributed by atoms with Crippen LogP contribution in [0.25, 0.3) is 0 Å². The van der Waals surface area contributed by atoms with Gasteiger partial charge in [0.1, 0.15) is 5.75 Å². The zero-order valence-corrected chi connectivity index (χ0v) is 11.9. The third kappa shape index (κ3) is 2.97. The Labute approximate surface area is 122 Å². The standard InChI is InChI=1S/C14H19N3O4/c1-21-12-5-4-10(17(19)20)8-11(12)16-13(18)14(9-15)6-2-3-7-14/h4-5,8H,2-3,6-7,9,15H2,1H3,(H,16,18). The minimum Gasteiger partial charge on any atom is -0.495 e. The summed E-state index contributed by atoms with van der Waals surface area (Å²) in [5.74, 6) is 0.195. The highest BCUT2D eigenvalue weighted by Crippen LogP contribution is 2.39. The number of methoxy groups -OCH3 is 1. The average Bonchev–Trinajstić information content (AvgIpc) is 2.97. The van der Waals surface area contributed by atoms with Crippen LogP contribution >= 0.6 is 0 Å². The van der Waals surface area contributed by atoms with Crippen molar-refractivity contribution in [3.05, 3.63) is 28.3 Å². The van der Waals surface area contributed by atoms with Gasteiger partial charge in [-0.2, -0.15) is 0 Å². The lowest BCUT2D eigenvalue weighted by Gasteiger charge is -2.26. The summed E-state index contributed by atoms with van der Waals surface area (Å²) in [5, 5.41) is 13.6. The van der Waals surface area contributed by atoms with E-state index >= 15 is 0 Å². The highest BCUT2D eigenvalue weighted by Gasteiger charge is 2.40. The number of rotatable bonds is 5. The van der Waals surface area contributed by atoms with Gasteiger partial charge >= 0.3 is 0 Å². The van der Waals surface area contributed by atoms with E-state index in [9.17, 15) is 14.9 Å². The molecule has 0 heterocycles. The molecule has 0 atom stereocenters. The van der Waals surface area contributed by atoms with Gasteiger partial charge in [-0.15, -0.1) is 0 Å². The van der Waals surface area contributed by atoms with E-state index < -0.39 is 10.3 Å². The average molecular weight is 293 g/mol. The Morgan fingerprint density at radius 1 is 1.48 bits per heavy atom. The van der Waals surface area contributed by atoms with Crippen molar-refractivity contribution in [1.82, 2.24) is 0 Å². The number of non-ortho nitro benzene ring substituents is 1. The first-order valence-electron chi connectivity index (χ1n) is 6.86. The van der Waals surface area contributed by atoms with Gasteiger partial charge in [0.15, 0.2) is 0 Å². The van der Waals surface area contributed by atoms with Gasteiger partial charge in [-0.1, -0.05) is 12.8 Å². The monoisotopic (exact) mass is 293 g/mol. The fourth-order valence-electron chi connectivity index (χ4n) is 2.74. The van der Waals surface area contributed by atoms with Gasteiger partial charge in [0.05, 0.1) is 23.1 Å². The maximum Gasteiger partial charge on any atom is 0.271 e. The molecular weight excluding hydrogens is 274 g/mol. The molecule has 0 aliphatic heterocycles. The Hall–Kier alpha value is -2.15. The Morgan fingerprint density at radius 2 is 2.14 bits per heavy atom. The van der Waals surface area contributed by atoms with Crippen LogP contribution in [-0.2, 0) is 4.79 Å². The third-order valence-electron chi connectivity index (χ3n) is 4.08. The number of nitro benzene ring substituents is 1. The molecule has 21 heavy (non-hydrogen) atoms. The van der Waals surface area contributed by atoms with Gasteiger partial charge in [0.2, 0.25) is 5.91 Å². The molecule has 0 saturated heterocycles. The summed E-state index contributed by atoms with van der Waals surface area (Å²) >= 11 is 0. The number of nitrogens with zero attached hydrogens (tertiary/aromatic N) is 1. The molecule has 7 nitrogen and oxygen atoms in total. The molecule has 0 bridgehead atoms. The molecule has 1 aromatic carbocycles. The lowest BCUT2D eigenvalue weighted by molar-refractivity contribution is -0.384. The van der Waals surface area contributed by atoms with Crippen molar-refractivity contribution in [3.8, 4) is 5.75 Å². The highest BCUT2D eigenvalue weighted by molar-refractivity contribution is 5.97. The van der Waals surface area contributed by atoms with Crippen molar-refractivity contribution in [2.75, 3.05) is 19.0 Å². The van der Waals surface area contributed by atoms with Gasteiger partial charge in [-0.3, -0.25) is 14.9 Å². The van der Waals surface area contributed by atoms with E-state index in [1.807, 2.05) is 0 Å². The van der Waals surface area contributed by atoms with Gasteiger partial charge in [-0.25, -0.2) is 0 Å². The molecule has 1 aliphatic carbocycles. The number of carbonyl (C=O) groups excluding carboxylic acids is 1. The summed E-state index contributed by atoms with van der Waals surface area (Å²) in [6.07, 6.45) is 3.42. The predicted octanol–water partition coefficient (Wildman–Crippen LogP) is 2.06. The fraction of sp³-hybridized carbons (Fsp3) is 0.500. The number of hydrogen-bond acceptors (Lipinski definition) is 5. The second-order valence-corrected chi connectivity index (χ2v) is 5.29. The van der Waals surface area contributed by atoms with Gasteiger partial charge in [-0.05, 0) is 18.9 Å². The highest BCUT2D eigenvalue weighted by atomic mass is 16.6. The van der Waals surface area contributed by atoms with E-state index in [1.54, 1.807) is 0 Å². The van der Waals surface area contributed by atoms with Crippen molar-refractivity contribution in [1.29, 1.82) is 0 Å². The molecule has 7 heteroatoms. The van der Waals surface area contributed by atoms with E-state index in [4.69, 9.17) is 10.5 Å². The van der Waals surface area contributed by atoms with E-state index in [-0.39, 0.29) is 18.1 Å². The van der Waals surface area contributed by atoms with Crippen LogP contribution in [0.2, 0.25) is 0 Å². The van der Waals surface area contributed by atoms with Gasteiger partial charge in [0.25, 0.3) is 5.69 Å². The largest absolute Gasteiger partial charge is 0.495 e. The second-order valence-electron chi connectivity index (χ2n) is 5.29. The van der Waals surface area contributed by atoms with Crippen LogP contribution in [0.5, 0.6) is 5.75 Å². The quantitative estimate of drug-likeness (QED) is 0.638. The molecule has 1 aromatic rings. The number of nitrogens with one attached hydrogen (secondary N) is 1. The summed E-state index contributed by atoms with van der Waals surface area (Å²) in [4.78, 5) is 22.8. The van der Waals surface area contributed by atoms with Crippen LogP contribution in [0.1, 0.15) is 25.7 Å². The number of nitro groups is 1. The number of benzene rings is 1. The number of ether oxygens (including phenoxy) is 1. The Kier molecular flexibility index (Phi) is 4.42. The molecule has 0 spiro atoms. The number of amides is 1. The molecule has 1 aliphatic rings. The van der Waals surface area contributed by atoms with Crippen LogP contribution < -0.4 is 15.8 Å². The number of nitrogens with two attached hydrogens (primary N) is 1. The number of anilines is 1. The summed E-state index contributed by atoms with van der Waals surface area (Å²) in [7, 11) is 1.45. The molecule has 0 aromatic heterocycles. The minimum absolute atomic E-state index is 0.0979. The lowest BCUT2D eigenvalue weighted by Crippen LogP contribution is -2.40. The molecule has 1 fully saturated rings. The first-order valence-corrected chi connectivity index (χ1v) is 6.86. The molecule has 0 unspecified atom stereocenters. The normalized spacial score (nSPS) is 16.5. The van der Waals surface area contributed by atoms with E-state index in [2.05, 4.69) is 5.32 Å². The lowest BCUT2D eigenvalue weighted by atomic mass is 9.85. The summed E-state index contributed by atoms with van der Waals surface area (Å²) < 4.78 is 5.14. The summed E-state index contributed by atoms with van der Waals surface area (Å²) in [6, 6.07) is 4.11. The molecule has 2 rings (SSSR count). The summed E-state index contributed by atoms with van der Waals surface area (Å²) in [5.41, 5.74) is 5.40. The first-order chi connectivity index (χ1) is 10.0. The van der Waals surface area contributed by atoms with Gasteiger partial charge < -0.3 is 15.8 Å². The minimum atomic E-state index is -0.574. The predicted molar refractivity (Wildman–Crippen MR) is 78.2 cm³/mol. The molecule has 3 N–H and O–H groups in total. The van der Waals surface area contributed by atoms with Crippen molar-refractivity contribution < 1.29 is 14.5 Å². The van der Waals surface area contributed by atoms with Crippen LogP contribution in [0.4, 0.5) is 11.4 Å². The van der Waals surface area contributed by atoms with E-state index in [0.717, 1.165) is 25.7 Å². The molecular formula is C14H19N3O4. The second kappa shape index (κ2) is 6.09. The van der Waals surface area contributed by atoms with Crippen molar-refractivity contribution >= 4 is 17.3 Å². The molecule has 114 valence electrons. The van der Waals surface area contributed by atoms with E-state index in [0.29, 0.717) is 11.4 Å². The molecule has 1 amide bonds. The van der Waals surface area contributed by atoms with Crippen LogP contribution in [-0.4, -0.2) is 24.5 Å². The van der Waals surface area contributed by atoms with Crippen LogP contribution in [0.15, 0.2) is 18.2 Å². The topological polar surface area (TPSA) is 107 Å². The van der Waals surface area contributed by atoms with E-state index in [1.165, 1.54) is 25.3 Å². The number of carbonyl (C=O) groups is 1. The molecule has 0 radical (unpaired) electrons. The Bertz CT molecular complexity index is 553. The first kappa shape index (κ1) is 15.2. The summed E-state index contributed by atoms with van der Waals surface area (Å²) in [6.45, 7) is 0.274. The van der Waals surface area contributed by atoms with Crippen LogP contribution in [0.3, 0.4) is 0 Å². The molecule has 1 saturated carbocycles. The van der Waals surface area contributed by atoms with Crippen molar-refractivity contribution in [2.45, 2.75) is 25.7 Å². The zero-order chi connectivity index (χ0) is 15.5. The van der Waals surface area contributed by atoms with Crippen molar-refractivity contribution in [2.24, 2.45) is 11.1 Å². The maximum atomic E-state index is 12.5. The smallest absolute Gasteiger partial charge is 0.271 e. The maximum absolute atomic E-state index is 12.5. The van der Waals surface area contributed by atoms with Crippen molar-refractivity contribution in [3.63, 3.8) is 0 Å². The fourth-order valence-corrected chi connectivity index (χ4v) is 2.74. The Balaban J connectivity index is 2.27. The zero-order valence-electron chi connectivity index (χ0n) is 11.9. The third-order valence-corrected chi connectivity index (χ3v) is 4.08.